The Hall–Kier alpha value is -0.686. The van der Waals surface area contributed by atoms with Gasteiger partial charge in [-0.3, -0.25) is 4.55 Å². The first-order chi connectivity index (χ1) is 8.23. The molecule has 0 fully saturated rings. The number of fused-ring (bicyclic) bond motifs is 1. The van der Waals surface area contributed by atoms with E-state index in [1.54, 1.807) is 19.9 Å². The first kappa shape index (κ1) is 16.4. The van der Waals surface area contributed by atoms with E-state index in [1.807, 2.05) is 0 Å². The molecule has 2 aromatic rings. The molecule has 3 N–H and O–H groups in total. The van der Waals surface area contributed by atoms with E-state index >= 15 is 0 Å². The molecule has 0 heterocycles. The smallest absolute Gasteiger partial charge is 0.295 e. The van der Waals surface area contributed by atoms with E-state index in [-0.39, 0.29) is 59.8 Å². The number of hydrogen-bond donors (Lipinski definition) is 2. The van der Waals surface area contributed by atoms with E-state index in [4.69, 9.17) is 10.3 Å². The largest absolute Gasteiger partial charge is 0.698 e. The molecular weight excluding hydrogens is 343 g/mol. The number of aryl methyl sites for hydroxylation is 1. The van der Waals surface area contributed by atoms with Gasteiger partial charge in [0, 0.05) is 43.5 Å². The quantitative estimate of drug-likeness (QED) is 0.768. The summed E-state index contributed by atoms with van der Waals surface area (Å²) < 4.78 is 31.7. The molecule has 0 unspecified atom stereocenters. The number of hydrogen-bond acceptors (Lipinski definition) is 3. The Bertz CT molecular complexity index is 756. The fourth-order valence-electron chi connectivity index (χ4n) is 1.92. The molecule has 0 saturated heterocycles. The topological polar surface area (TPSA) is 98.4 Å². The third kappa shape index (κ3) is 2.77. The van der Waals surface area contributed by atoms with Gasteiger partial charge < -0.3 is 10.8 Å². The van der Waals surface area contributed by atoms with Crippen molar-refractivity contribution in [2.45, 2.75) is 18.7 Å². The van der Waals surface area contributed by atoms with Crippen LogP contribution in [-0.4, -0.2) is 18.1 Å². The summed E-state index contributed by atoms with van der Waals surface area (Å²) >= 11 is 0. The second-order valence-corrected chi connectivity index (χ2v) is 5.57. The molecule has 0 aliphatic heterocycles. The molecule has 0 bridgehead atoms. The molecule has 2 aromatic carbocycles. The summed E-state index contributed by atoms with van der Waals surface area (Å²) in [6.45, 7) is 3.41. The van der Waals surface area contributed by atoms with E-state index in [0.29, 0.717) is 11.1 Å². The predicted octanol–water partition coefficient (Wildman–Crippen LogP) is 3.09. The summed E-state index contributed by atoms with van der Waals surface area (Å²) in [5.41, 5.74) is 9.03. The minimum atomic E-state index is -4.39. The standard InChI is InChI=1S/C12H12NO4S.Y/c1-6-5-8-10(18(15,16)17)4-3-9(13)11(8)12(14)7(6)2;/h3-5,13-14H,1-2H3,(H,15,16,17);/q-1;. The fraction of sp³-hybridized carbons (Fsp3) is 0.167. The summed E-state index contributed by atoms with van der Waals surface area (Å²) in [6.07, 6.45) is 0. The molecule has 0 aliphatic carbocycles. The second-order valence-electron chi connectivity index (χ2n) is 4.18. The first-order valence-electron chi connectivity index (χ1n) is 5.18. The molecule has 19 heavy (non-hydrogen) atoms. The van der Waals surface area contributed by atoms with Gasteiger partial charge in [0.25, 0.3) is 10.1 Å². The monoisotopic (exact) mass is 355 g/mol. The summed E-state index contributed by atoms with van der Waals surface area (Å²) in [7, 11) is -4.39. The van der Waals surface area contributed by atoms with Gasteiger partial charge in [-0.15, -0.1) is 5.69 Å². The molecule has 0 amide bonds. The Balaban J connectivity index is 0.00000180. The molecular formula is C12H12NO4SY-. The SMILES string of the molecule is Cc1cc2c(S(=O)(=O)O)ccc([NH-])c2c(O)c1C.[Y]. The van der Waals surface area contributed by atoms with Crippen LogP contribution in [-0.2, 0) is 42.8 Å². The predicted molar refractivity (Wildman–Crippen MR) is 68.9 cm³/mol. The van der Waals surface area contributed by atoms with Gasteiger partial charge in [0.15, 0.2) is 0 Å². The van der Waals surface area contributed by atoms with Gasteiger partial charge in [-0.05, 0) is 37.1 Å². The number of phenols is 1. The normalized spacial score (nSPS) is 11.3. The molecule has 0 spiro atoms. The van der Waals surface area contributed by atoms with Gasteiger partial charge in [-0.1, -0.05) is 6.07 Å². The van der Waals surface area contributed by atoms with Crippen LogP contribution < -0.4 is 0 Å². The van der Waals surface area contributed by atoms with E-state index in [0.717, 1.165) is 6.07 Å². The molecule has 7 heteroatoms. The summed E-state index contributed by atoms with van der Waals surface area (Å²) in [4.78, 5) is -0.299. The Labute approximate surface area is 136 Å². The number of phenolic OH excluding ortho intramolecular Hbond substituents is 1. The molecule has 5 nitrogen and oxygen atoms in total. The summed E-state index contributed by atoms with van der Waals surface area (Å²) in [6, 6.07) is 3.94. The van der Waals surface area contributed by atoms with E-state index in [2.05, 4.69) is 0 Å². The van der Waals surface area contributed by atoms with Crippen LogP contribution in [0.2, 0.25) is 0 Å². The van der Waals surface area contributed by atoms with Crippen molar-refractivity contribution in [3.05, 3.63) is 35.1 Å². The van der Waals surface area contributed by atoms with Crippen molar-refractivity contribution in [1.82, 2.24) is 0 Å². The van der Waals surface area contributed by atoms with Crippen molar-refractivity contribution >= 4 is 26.6 Å². The van der Waals surface area contributed by atoms with Crippen LogP contribution in [0.15, 0.2) is 23.1 Å². The van der Waals surface area contributed by atoms with Gasteiger partial charge in [-0.25, -0.2) is 0 Å². The van der Waals surface area contributed by atoms with E-state index in [1.165, 1.54) is 6.07 Å². The molecule has 2 rings (SSSR count). The zero-order valence-electron chi connectivity index (χ0n) is 10.4. The van der Waals surface area contributed by atoms with Crippen molar-refractivity contribution in [3.8, 4) is 5.75 Å². The molecule has 1 radical (unpaired) electrons. The maximum atomic E-state index is 11.3. The van der Waals surface area contributed by atoms with Gasteiger partial charge in [0.1, 0.15) is 10.6 Å². The van der Waals surface area contributed by atoms with Gasteiger partial charge in [-0.2, -0.15) is 8.42 Å². The van der Waals surface area contributed by atoms with Crippen molar-refractivity contribution in [2.75, 3.05) is 0 Å². The van der Waals surface area contributed by atoms with Gasteiger partial charge in [0.2, 0.25) is 0 Å². The Morgan fingerprint density at radius 2 is 1.79 bits per heavy atom. The van der Waals surface area contributed by atoms with Crippen LogP contribution in [0.1, 0.15) is 11.1 Å². The number of aromatic hydroxyl groups is 1. The average Bonchev–Trinajstić information content (AvgIpc) is 2.24. The number of nitrogens with one attached hydrogen (secondary N) is 1. The summed E-state index contributed by atoms with van der Waals surface area (Å²) in [5.74, 6) is -0.125. The van der Waals surface area contributed by atoms with Crippen LogP contribution in [0.3, 0.4) is 0 Å². The number of rotatable bonds is 1. The van der Waals surface area contributed by atoms with Crippen LogP contribution >= 0.6 is 0 Å². The van der Waals surface area contributed by atoms with Crippen molar-refractivity contribution in [1.29, 1.82) is 0 Å². The number of benzene rings is 2. The maximum absolute atomic E-state index is 11.3. The Morgan fingerprint density at radius 1 is 1.21 bits per heavy atom. The molecule has 0 aromatic heterocycles. The van der Waals surface area contributed by atoms with Crippen LogP contribution in [0, 0.1) is 13.8 Å². The van der Waals surface area contributed by atoms with Gasteiger partial charge >= 0.3 is 0 Å². The first-order valence-corrected chi connectivity index (χ1v) is 6.62. The third-order valence-corrected chi connectivity index (χ3v) is 3.94. The Morgan fingerprint density at radius 3 is 2.32 bits per heavy atom. The van der Waals surface area contributed by atoms with Crippen molar-refractivity contribution < 1.29 is 50.8 Å². The zero-order valence-corrected chi connectivity index (χ0v) is 14.1. The van der Waals surface area contributed by atoms with Crippen molar-refractivity contribution in [3.63, 3.8) is 0 Å². The van der Waals surface area contributed by atoms with Gasteiger partial charge in [0.05, 0.1) is 0 Å². The van der Waals surface area contributed by atoms with Crippen LogP contribution in [0.5, 0.6) is 5.75 Å². The maximum Gasteiger partial charge on any atom is 0.295 e. The zero-order chi connectivity index (χ0) is 13.7. The molecule has 0 aliphatic rings. The molecule has 99 valence electrons. The average molecular weight is 355 g/mol. The Kier molecular flexibility index (Phi) is 4.62. The van der Waals surface area contributed by atoms with E-state index < -0.39 is 10.1 Å². The van der Waals surface area contributed by atoms with Crippen LogP contribution in [0.25, 0.3) is 16.5 Å². The minimum Gasteiger partial charge on any atom is -0.698 e. The fourth-order valence-corrected chi connectivity index (χ4v) is 2.60. The molecule has 0 saturated carbocycles. The second kappa shape index (κ2) is 5.36. The third-order valence-electron chi connectivity index (χ3n) is 3.03. The summed E-state index contributed by atoms with van der Waals surface area (Å²) in [5, 5.41) is 10.3. The minimum absolute atomic E-state index is 0. The molecule has 0 atom stereocenters. The van der Waals surface area contributed by atoms with E-state index in [9.17, 15) is 13.5 Å². The van der Waals surface area contributed by atoms with Crippen LogP contribution in [0.4, 0.5) is 5.69 Å². The van der Waals surface area contributed by atoms with Crippen molar-refractivity contribution in [2.24, 2.45) is 0 Å².